The van der Waals surface area contributed by atoms with E-state index in [1.165, 1.54) is 18.1 Å². The molecule has 0 saturated carbocycles. The van der Waals surface area contributed by atoms with Crippen LogP contribution in [0.1, 0.15) is 37.0 Å². The van der Waals surface area contributed by atoms with Crippen LogP contribution in [0.15, 0.2) is 54.6 Å². The summed E-state index contributed by atoms with van der Waals surface area (Å²) in [6.45, 7) is 8.76. The van der Waals surface area contributed by atoms with Crippen molar-refractivity contribution < 1.29 is 9.53 Å². The lowest BCUT2D eigenvalue weighted by atomic mass is 9.75. The first-order valence-corrected chi connectivity index (χ1v) is 9.53. The van der Waals surface area contributed by atoms with Crippen molar-refractivity contribution in [3.05, 3.63) is 71.3 Å². The number of carbonyl (C=O) groups is 1. The molecule has 0 aromatic heterocycles. The van der Waals surface area contributed by atoms with Gasteiger partial charge >= 0.3 is 5.97 Å². The smallest absolute Gasteiger partial charge is 0.303 e. The predicted octanol–water partition coefficient (Wildman–Crippen LogP) is 4.34. The highest BCUT2D eigenvalue weighted by atomic mass is 16.6. The zero-order valence-corrected chi connectivity index (χ0v) is 16.1. The van der Waals surface area contributed by atoms with Gasteiger partial charge in [-0.3, -0.25) is 4.79 Å². The van der Waals surface area contributed by atoms with Gasteiger partial charge in [0, 0.05) is 38.9 Å². The second kappa shape index (κ2) is 8.05. The van der Waals surface area contributed by atoms with E-state index in [1.807, 2.05) is 12.1 Å². The number of ether oxygens (including phenoxy) is 1. The van der Waals surface area contributed by atoms with Crippen molar-refractivity contribution in [2.75, 3.05) is 19.6 Å². The SMILES string of the molecule is CC(=O)OC1(c2ccccc2C)CCN(CCc2ccccc2)CC1C. The van der Waals surface area contributed by atoms with Crippen molar-refractivity contribution in [1.29, 1.82) is 0 Å². The average Bonchev–Trinajstić information content (AvgIpc) is 2.63. The van der Waals surface area contributed by atoms with Crippen LogP contribution >= 0.6 is 0 Å². The van der Waals surface area contributed by atoms with Gasteiger partial charge in [0.2, 0.25) is 0 Å². The molecule has 2 aromatic carbocycles. The Morgan fingerprint density at radius 1 is 1.15 bits per heavy atom. The summed E-state index contributed by atoms with van der Waals surface area (Å²) in [6.07, 6.45) is 1.89. The molecule has 0 bridgehead atoms. The van der Waals surface area contributed by atoms with Crippen LogP contribution in [-0.2, 0) is 21.6 Å². The second-order valence-electron chi connectivity index (χ2n) is 7.49. The monoisotopic (exact) mass is 351 g/mol. The summed E-state index contributed by atoms with van der Waals surface area (Å²) in [5.74, 6) is 0.0508. The molecule has 1 saturated heterocycles. The Labute approximate surface area is 157 Å². The molecule has 3 nitrogen and oxygen atoms in total. The van der Waals surface area contributed by atoms with Gasteiger partial charge in [0.25, 0.3) is 0 Å². The molecule has 0 amide bonds. The van der Waals surface area contributed by atoms with Crippen LogP contribution in [-0.4, -0.2) is 30.5 Å². The van der Waals surface area contributed by atoms with Crippen LogP contribution in [0.4, 0.5) is 0 Å². The summed E-state index contributed by atoms with van der Waals surface area (Å²) < 4.78 is 6.00. The van der Waals surface area contributed by atoms with E-state index < -0.39 is 5.60 Å². The number of aryl methyl sites for hydroxylation is 1. The average molecular weight is 351 g/mol. The summed E-state index contributed by atoms with van der Waals surface area (Å²) in [7, 11) is 0. The summed E-state index contributed by atoms with van der Waals surface area (Å²) in [5, 5.41) is 0. The number of likely N-dealkylation sites (tertiary alicyclic amines) is 1. The summed E-state index contributed by atoms with van der Waals surface area (Å²) >= 11 is 0. The first-order valence-electron chi connectivity index (χ1n) is 9.53. The highest BCUT2D eigenvalue weighted by molar-refractivity contribution is 5.67. The first kappa shape index (κ1) is 18.7. The highest BCUT2D eigenvalue weighted by Gasteiger charge is 2.45. The molecule has 3 rings (SSSR count). The molecule has 2 aromatic rings. The molecule has 1 fully saturated rings. The van der Waals surface area contributed by atoms with E-state index in [-0.39, 0.29) is 11.9 Å². The first-order chi connectivity index (χ1) is 12.5. The van der Waals surface area contributed by atoms with Gasteiger partial charge in [-0.1, -0.05) is 61.5 Å². The number of benzene rings is 2. The molecule has 3 heteroatoms. The minimum atomic E-state index is -0.513. The van der Waals surface area contributed by atoms with Crippen molar-refractivity contribution >= 4 is 5.97 Å². The Balaban J connectivity index is 1.75. The van der Waals surface area contributed by atoms with Gasteiger partial charge in [0.05, 0.1) is 0 Å². The number of rotatable bonds is 5. The molecular formula is C23H29NO2. The Bertz CT molecular complexity index is 743. The van der Waals surface area contributed by atoms with Crippen molar-refractivity contribution in [2.45, 2.75) is 39.2 Å². The van der Waals surface area contributed by atoms with Crippen LogP contribution in [0.25, 0.3) is 0 Å². The van der Waals surface area contributed by atoms with E-state index in [1.54, 1.807) is 0 Å². The van der Waals surface area contributed by atoms with E-state index in [4.69, 9.17) is 4.74 Å². The quantitative estimate of drug-likeness (QED) is 0.751. The van der Waals surface area contributed by atoms with Crippen LogP contribution in [0.2, 0.25) is 0 Å². The lowest BCUT2D eigenvalue weighted by Gasteiger charge is -2.46. The number of hydrogen-bond acceptors (Lipinski definition) is 3. The van der Waals surface area contributed by atoms with E-state index in [0.717, 1.165) is 38.0 Å². The minimum absolute atomic E-state index is 0.196. The Hall–Kier alpha value is -2.13. The maximum Gasteiger partial charge on any atom is 0.303 e. The Kier molecular flexibility index (Phi) is 5.77. The molecule has 138 valence electrons. The third kappa shape index (κ3) is 3.99. The van der Waals surface area contributed by atoms with Crippen LogP contribution < -0.4 is 0 Å². The van der Waals surface area contributed by atoms with Crippen molar-refractivity contribution in [3.8, 4) is 0 Å². The molecule has 0 radical (unpaired) electrons. The third-order valence-electron chi connectivity index (χ3n) is 5.61. The molecular weight excluding hydrogens is 322 g/mol. The molecule has 0 N–H and O–H groups in total. The molecule has 1 aliphatic rings. The number of carbonyl (C=O) groups excluding carboxylic acids is 1. The maximum absolute atomic E-state index is 11.9. The summed E-state index contributed by atoms with van der Waals surface area (Å²) in [4.78, 5) is 14.4. The number of piperidine rings is 1. The predicted molar refractivity (Wildman–Crippen MR) is 105 cm³/mol. The third-order valence-corrected chi connectivity index (χ3v) is 5.61. The molecule has 1 aliphatic heterocycles. The van der Waals surface area contributed by atoms with E-state index in [9.17, 15) is 4.79 Å². The second-order valence-corrected chi connectivity index (χ2v) is 7.49. The van der Waals surface area contributed by atoms with E-state index in [0.29, 0.717) is 0 Å². The largest absolute Gasteiger partial charge is 0.454 e. The lowest BCUT2D eigenvalue weighted by molar-refractivity contribution is -0.172. The normalized spacial score (nSPS) is 23.6. The van der Waals surface area contributed by atoms with E-state index in [2.05, 4.69) is 61.2 Å². The molecule has 26 heavy (non-hydrogen) atoms. The maximum atomic E-state index is 11.9. The van der Waals surface area contributed by atoms with Gasteiger partial charge in [0.1, 0.15) is 5.60 Å². The molecule has 2 unspecified atom stereocenters. The molecule has 0 spiro atoms. The summed E-state index contributed by atoms with van der Waals surface area (Å²) in [5.41, 5.74) is 3.21. The molecule has 1 heterocycles. The van der Waals surface area contributed by atoms with Gasteiger partial charge in [0.15, 0.2) is 0 Å². The number of hydrogen-bond donors (Lipinski definition) is 0. The fourth-order valence-electron chi connectivity index (χ4n) is 4.24. The fraction of sp³-hybridized carbons (Fsp3) is 0.435. The number of esters is 1. The minimum Gasteiger partial charge on any atom is -0.454 e. The van der Waals surface area contributed by atoms with Gasteiger partial charge in [-0.05, 0) is 30.0 Å². The van der Waals surface area contributed by atoms with Crippen molar-refractivity contribution in [1.82, 2.24) is 4.90 Å². The van der Waals surface area contributed by atoms with Gasteiger partial charge < -0.3 is 9.64 Å². The van der Waals surface area contributed by atoms with Gasteiger partial charge in [-0.15, -0.1) is 0 Å². The zero-order chi connectivity index (χ0) is 18.6. The molecule has 2 atom stereocenters. The topological polar surface area (TPSA) is 29.5 Å². The summed E-state index contributed by atoms with van der Waals surface area (Å²) in [6, 6.07) is 18.9. The van der Waals surface area contributed by atoms with Crippen LogP contribution in [0.3, 0.4) is 0 Å². The highest BCUT2D eigenvalue weighted by Crippen LogP contribution is 2.42. The van der Waals surface area contributed by atoms with Gasteiger partial charge in [-0.25, -0.2) is 0 Å². The van der Waals surface area contributed by atoms with Gasteiger partial charge in [-0.2, -0.15) is 0 Å². The van der Waals surface area contributed by atoms with Crippen LogP contribution in [0.5, 0.6) is 0 Å². The Morgan fingerprint density at radius 3 is 2.50 bits per heavy atom. The van der Waals surface area contributed by atoms with E-state index >= 15 is 0 Å². The van der Waals surface area contributed by atoms with Crippen molar-refractivity contribution in [2.24, 2.45) is 5.92 Å². The standard InChI is InChI=1S/C23H29NO2/c1-18-9-7-8-12-22(18)23(26-20(3)25)14-16-24(17-19(23)2)15-13-21-10-5-4-6-11-21/h4-12,19H,13-17H2,1-3H3. The zero-order valence-electron chi connectivity index (χ0n) is 16.1. The molecule has 0 aliphatic carbocycles. The van der Waals surface area contributed by atoms with Crippen LogP contribution in [0, 0.1) is 12.8 Å². The number of nitrogens with zero attached hydrogens (tertiary/aromatic N) is 1. The Morgan fingerprint density at radius 2 is 1.85 bits per heavy atom. The fourth-order valence-corrected chi connectivity index (χ4v) is 4.24. The van der Waals surface area contributed by atoms with Crippen molar-refractivity contribution in [3.63, 3.8) is 0 Å². The lowest BCUT2D eigenvalue weighted by Crippen LogP contribution is -2.51.